The van der Waals surface area contributed by atoms with Crippen molar-refractivity contribution in [1.29, 1.82) is 0 Å². The zero-order valence-electron chi connectivity index (χ0n) is 12.6. The number of nitrogens with zero attached hydrogens (tertiary/aromatic N) is 1. The molecule has 24 heavy (non-hydrogen) atoms. The minimum Gasteiger partial charge on any atom is -0.310 e. The number of fused-ring (bicyclic) bond motifs is 1. The molecule has 1 N–H and O–H groups in total. The molecule has 0 atom stereocenters. The number of halogens is 1. The van der Waals surface area contributed by atoms with Gasteiger partial charge in [0.25, 0.3) is 5.56 Å². The van der Waals surface area contributed by atoms with E-state index < -0.39 is 0 Å². The van der Waals surface area contributed by atoms with E-state index in [4.69, 9.17) is 0 Å². The van der Waals surface area contributed by atoms with Crippen LogP contribution in [0.3, 0.4) is 0 Å². The Hall–Kier alpha value is -2.79. The summed E-state index contributed by atoms with van der Waals surface area (Å²) < 4.78 is 13.8. The van der Waals surface area contributed by atoms with E-state index in [1.165, 1.54) is 17.4 Å². The lowest BCUT2D eigenvalue weighted by atomic mass is 10.1. The summed E-state index contributed by atoms with van der Waals surface area (Å²) in [5.74, 6) is 0.176. The van der Waals surface area contributed by atoms with Crippen LogP contribution < -0.4 is 5.56 Å². The molecular formula is C19H13FN2OS. The maximum Gasteiger partial charge on any atom is 0.259 e. The van der Waals surface area contributed by atoms with Crippen molar-refractivity contribution in [2.75, 3.05) is 0 Å². The smallest absolute Gasteiger partial charge is 0.259 e. The molecule has 2 aromatic carbocycles. The number of hydrogen-bond acceptors (Lipinski definition) is 3. The minimum absolute atomic E-state index is 0.190. The van der Waals surface area contributed by atoms with Gasteiger partial charge < -0.3 is 4.98 Å². The zero-order valence-corrected chi connectivity index (χ0v) is 13.4. The summed E-state index contributed by atoms with van der Waals surface area (Å²) in [6.45, 7) is 0. The molecule has 4 aromatic rings. The number of aromatic amines is 1. The van der Waals surface area contributed by atoms with Crippen LogP contribution in [0, 0.1) is 5.82 Å². The summed E-state index contributed by atoms with van der Waals surface area (Å²) in [5.41, 5.74) is 1.38. The maximum atomic E-state index is 13.8. The van der Waals surface area contributed by atoms with E-state index in [0.29, 0.717) is 21.6 Å². The Labute approximate surface area is 141 Å². The molecule has 2 aromatic heterocycles. The lowest BCUT2D eigenvalue weighted by molar-refractivity contribution is 0.612. The van der Waals surface area contributed by atoms with Crippen LogP contribution in [0.4, 0.5) is 4.39 Å². The summed E-state index contributed by atoms with van der Waals surface area (Å²) in [7, 11) is 0. The van der Waals surface area contributed by atoms with Gasteiger partial charge in [-0.2, -0.15) is 0 Å². The molecule has 0 radical (unpaired) electrons. The number of thiophene rings is 1. The van der Waals surface area contributed by atoms with Gasteiger partial charge in [0.2, 0.25) is 0 Å². The summed E-state index contributed by atoms with van der Waals surface area (Å²) in [4.78, 5) is 21.3. The SMILES string of the molecule is O=c1[nH]c(Cc2ccccc2F)nc2sc(-c3ccccc3)cc12. The van der Waals surface area contributed by atoms with Gasteiger partial charge in [0.15, 0.2) is 0 Å². The highest BCUT2D eigenvalue weighted by Crippen LogP contribution is 2.30. The van der Waals surface area contributed by atoms with E-state index in [1.54, 1.807) is 18.2 Å². The van der Waals surface area contributed by atoms with Crippen molar-refractivity contribution >= 4 is 21.6 Å². The quantitative estimate of drug-likeness (QED) is 0.603. The minimum atomic E-state index is -0.295. The zero-order chi connectivity index (χ0) is 16.5. The van der Waals surface area contributed by atoms with Gasteiger partial charge in [-0.3, -0.25) is 4.79 Å². The Morgan fingerprint density at radius 3 is 2.58 bits per heavy atom. The Balaban J connectivity index is 1.77. The van der Waals surface area contributed by atoms with Gasteiger partial charge in [-0.1, -0.05) is 48.5 Å². The van der Waals surface area contributed by atoms with Gasteiger partial charge in [0.05, 0.1) is 5.39 Å². The molecule has 0 spiro atoms. The molecule has 0 bridgehead atoms. The van der Waals surface area contributed by atoms with E-state index in [0.717, 1.165) is 10.4 Å². The van der Waals surface area contributed by atoms with Crippen LogP contribution in [-0.2, 0) is 6.42 Å². The van der Waals surface area contributed by atoms with Crippen molar-refractivity contribution in [2.24, 2.45) is 0 Å². The van der Waals surface area contributed by atoms with Crippen LogP contribution in [0.25, 0.3) is 20.7 Å². The topological polar surface area (TPSA) is 45.8 Å². The number of nitrogens with one attached hydrogen (secondary N) is 1. The van der Waals surface area contributed by atoms with Crippen LogP contribution in [0.2, 0.25) is 0 Å². The van der Waals surface area contributed by atoms with Crippen molar-refractivity contribution in [3.63, 3.8) is 0 Å². The molecule has 5 heteroatoms. The average molecular weight is 336 g/mol. The molecule has 0 amide bonds. The molecule has 0 fully saturated rings. The lowest BCUT2D eigenvalue weighted by Crippen LogP contribution is -2.11. The lowest BCUT2D eigenvalue weighted by Gasteiger charge is -2.02. The highest BCUT2D eigenvalue weighted by molar-refractivity contribution is 7.21. The van der Waals surface area contributed by atoms with Crippen LogP contribution in [-0.4, -0.2) is 9.97 Å². The fourth-order valence-electron chi connectivity index (χ4n) is 2.63. The van der Waals surface area contributed by atoms with E-state index in [1.807, 2.05) is 36.4 Å². The van der Waals surface area contributed by atoms with E-state index in [9.17, 15) is 9.18 Å². The Bertz CT molecular complexity index is 1070. The van der Waals surface area contributed by atoms with Crippen LogP contribution >= 0.6 is 11.3 Å². The summed E-state index contributed by atoms with van der Waals surface area (Å²) in [5, 5.41) is 0.566. The fourth-order valence-corrected chi connectivity index (χ4v) is 3.68. The van der Waals surface area contributed by atoms with Gasteiger partial charge in [0, 0.05) is 11.3 Å². The summed E-state index contributed by atoms with van der Waals surface area (Å²) >= 11 is 1.47. The van der Waals surface area contributed by atoms with Crippen molar-refractivity contribution in [3.05, 3.63) is 88.2 Å². The first-order valence-corrected chi connectivity index (χ1v) is 8.34. The summed E-state index contributed by atoms with van der Waals surface area (Å²) in [6, 6.07) is 18.2. The average Bonchev–Trinajstić information content (AvgIpc) is 3.03. The molecule has 3 nitrogen and oxygen atoms in total. The Morgan fingerprint density at radius 2 is 1.79 bits per heavy atom. The van der Waals surface area contributed by atoms with Gasteiger partial charge in [-0.05, 0) is 23.3 Å². The van der Waals surface area contributed by atoms with Crippen molar-refractivity contribution in [2.45, 2.75) is 6.42 Å². The second-order valence-electron chi connectivity index (χ2n) is 5.48. The Morgan fingerprint density at radius 1 is 1.04 bits per heavy atom. The van der Waals surface area contributed by atoms with Crippen molar-refractivity contribution in [1.82, 2.24) is 9.97 Å². The number of aromatic nitrogens is 2. The third-order valence-corrected chi connectivity index (χ3v) is 4.90. The number of hydrogen-bond donors (Lipinski definition) is 1. The van der Waals surface area contributed by atoms with Crippen molar-refractivity contribution in [3.8, 4) is 10.4 Å². The maximum absolute atomic E-state index is 13.8. The van der Waals surface area contributed by atoms with Gasteiger partial charge in [-0.15, -0.1) is 11.3 Å². The normalized spacial score (nSPS) is 11.0. The van der Waals surface area contributed by atoms with Crippen LogP contribution in [0.1, 0.15) is 11.4 Å². The third kappa shape index (κ3) is 2.74. The molecule has 0 aliphatic carbocycles. The van der Waals surface area contributed by atoms with Gasteiger partial charge in [0.1, 0.15) is 16.5 Å². The van der Waals surface area contributed by atoms with E-state index in [2.05, 4.69) is 9.97 Å². The monoisotopic (exact) mass is 336 g/mol. The third-order valence-electron chi connectivity index (χ3n) is 3.83. The largest absolute Gasteiger partial charge is 0.310 e. The molecule has 4 rings (SSSR count). The second-order valence-corrected chi connectivity index (χ2v) is 6.51. The van der Waals surface area contributed by atoms with Crippen LogP contribution in [0.15, 0.2) is 65.5 Å². The predicted octanol–water partition coefficient (Wildman–Crippen LogP) is 4.38. The first-order valence-electron chi connectivity index (χ1n) is 7.52. The van der Waals surface area contributed by atoms with E-state index in [-0.39, 0.29) is 17.8 Å². The van der Waals surface area contributed by atoms with Gasteiger partial charge in [-0.25, -0.2) is 9.37 Å². The van der Waals surface area contributed by atoms with Gasteiger partial charge >= 0.3 is 0 Å². The van der Waals surface area contributed by atoms with E-state index >= 15 is 0 Å². The number of rotatable bonds is 3. The highest BCUT2D eigenvalue weighted by atomic mass is 32.1. The first-order chi connectivity index (χ1) is 11.7. The first kappa shape index (κ1) is 14.8. The molecular weight excluding hydrogens is 323 g/mol. The molecule has 0 saturated heterocycles. The number of benzene rings is 2. The predicted molar refractivity (Wildman–Crippen MR) is 94.9 cm³/mol. The molecule has 118 valence electrons. The Kier molecular flexibility index (Phi) is 3.70. The van der Waals surface area contributed by atoms with Crippen molar-refractivity contribution < 1.29 is 4.39 Å². The molecule has 0 unspecified atom stereocenters. The second kappa shape index (κ2) is 6.02. The standard InChI is InChI=1S/C19H13FN2OS/c20-15-9-5-4-8-13(15)10-17-21-18(23)14-11-16(24-19(14)22-17)12-6-2-1-3-7-12/h1-9,11H,10H2,(H,21,22,23). The molecule has 0 aliphatic heterocycles. The molecule has 0 aliphatic rings. The summed E-state index contributed by atoms with van der Waals surface area (Å²) in [6.07, 6.45) is 0.260. The fraction of sp³-hybridized carbons (Fsp3) is 0.0526. The van der Waals surface area contributed by atoms with Crippen LogP contribution in [0.5, 0.6) is 0 Å². The molecule has 0 saturated carbocycles. The highest BCUT2D eigenvalue weighted by Gasteiger charge is 2.11. The number of H-pyrrole nitrogens is 1. The molecule has 2 heterocycles.